The SMILES string of the molecule is COc1cc(Cc2cnc(N)nc2N)cc(C(=CC=O)N2CCc3ccccc3C2c2ccc(N(C)CCO)nc2)c1OC. The number of carbonyl (C=O) groups is 1. The number of allylic oxidation sites excluding steroid dienone is 1. The predicted molar refractivity (Wildman–Crippen MR) is 171 cm³/mol. The van der Waals surface area contributed by atoms with Crippen LogP contribution in [0.1, 0.15) is 39.4 Å². The van der Waals surface area contributed by atoms with E-state index < -0.39 is 0 Å². The zero-order valence-electron chi connectivity index (χ0n) is 25.1. The highest BCUT2D eigenvalue weighted by Gasteiger charge is 2.32. The number of aliphatic hydroxyl groups excluding tert-OH is 1. The van der Waals surface area contributed by atoms with Crippen LogP contribution in [0.25, 0.3) is 5.70 Å². The molecule has 5 N–H and O–H groups in total. The number of aromatic nitrogens is 3. The summed E-state index contributed by atoms with van der Waals surface area (Å²) in [6.07, 6.45) is 7.03. The van der Waals surface area contributed by atoms with Gasteiger partial charge in [0, 0.05) is 56.2 Å². The van der Waals surface area contributed by atoms with Crippen molar-refractivity contribution in [3.8, 4) is 11.5 Å². The van der Waals surface area contributed by atoms with Crippen molar-refractivity contribution in [3.05, 3.63) is 100 Å². The van der Waals surface area contributed by atoms with Gasteiger partial charge in [-0.25, -0.2) is 9.97 Å². The summed E-state index contributed by atoms with van der Waals surface area (Å²) in [6, 6.07) is 16.0. The number of pyridine rings is 1. The molecule has 5 rings (SSSR count). The summed E-state index contributed by atoms with van der Waals surface area (Å²) < 4.78 is 11.7. The zero-order chi connectivity index (χ0) is 31.2. The van der Waals surface area contributed by atoms with E-state index in [1.807, 2.05) is 54.5 Å². The number of carbonyl (C=O) groups excluding carboxylic acids is 1. The molecule has 0 fully saturated rings. The molecule has 1 unspecified atom stereocenters. The number of ether oxygens (including phenoxy) is 2. The Hall–Kier alpha value is -5.16. The van der Waals surface area contributed by atoms with Crippen LogP contribution >= 0.6 is 0 Å². The van der Waals surface area contributed by atoms with Crippen LogP contribution in [0, 0.1) is 0 Å². The van der Waals surface area contributed by atoms with Crippen LogP contribution in [-0.4, -0.2) is 72.2 Å². The Kier molecular flexibility index (Phi) is 9.25. The fourth-order valence-electron chi connectivity index (χ4n) is 5.74. The molecule has 2 aromatic heterocycles. The second-order valence-electron chi connectivity index (χ2n) is 10.5. The molecule has 44 heavy (non-hydrogen) atoms. The van der Waals surface area contributed by atoms with Gasteiger partial charge >= 0.3 is 0 Å². The smallest absolute Gasteiger partial charge is 0.221 e. The number of likely N-dealkylation sites (N-methyl/N-ethyl adjacent to an activating group) is 1. The Balaban J connectivity index is 1.64. The number of aldehydes is 1. The van der Waals surface area contributed by atoms with Crippen molar-refractivity contribution in [3.63, 3.8) is 0 Å². The molecule has 2 aromatic carbocycles. The van der Waals surface area contributed by atoms with Gasteiger partial charge in [-0.1, -0.05) is 30.3 Å². The summed E-state index contributed by atoms with van der Waals surface area (Å²) in [7, 11) is 5.05. The van der Waals surface area contributed by atoms with E-state index in [1.54, 1.807) is 26.5 Å². The molecule has 0 aliphatic carbocycles. The molecule has 0 spiro atoms. The van der Waals surface area contributed by atoms with Crippen LogP contribution in [0.3, 0.4) is 0 Å². The average Bonchev–Trinajstić information content (AvgIpc) is 3.04. The van der Waals surface area contributed by atoms with Gasteiger partial charge in [-0.05, 0) is 46.9 Å². The summed E-state index contributed by atoms with van der Waals surface area (Å²) in [5.41, 5.74) is 18.1. The van der Waals surface area contributed by atoms with Gasteiger partial charge in [0.2, 0.25) is 5.95 Å². The molecule has 0 saturated carbocycles. The van der Waals surface area contributed by atoms with Crippen molar-refractivity contribution in [2.75, 3.05) is 57.3 Å². The maximum absolute atomic E-state index is 12.2. The van der Waals surface area contributed by atoms with Crippen LogP contribution < -0.4 is 25.8 Å². The molecule has 11 nitrogen and oxygen atoms in total. The molecule has 3 heterocycles. The summed E-state index contributed by atoms with van der Waals surface area (Å²) >= 11 is 0. The van der Waals surface area contributed by atoms with Gasteiger partial charge in [-0.3, -0.25) is 4.79 Å². The molecule has 1 aliphatic rings. The molecule has 228 valence electrons. The molecule has 0 radical (unpaired) electrons. The lowest BCUT2D eigenvalue weighted by atomic mass is 9.87. The van der Waals surface area contributed by atoms with Gasteiger partial charge in [0.05, 0.1) is 32.6 Å². The van der Waals surface area contributed by atoms with Crippen LogP contribution in [0.5, 0.6) is 11.5 Å². The topological polar surface area (TPSA) is 153 Å². The first-order chi connectivity index (χ1) is 21.4. The van der Waals surface area contributed by atoms with Crippen molar-refractivity contribution in [1.29, 1.82) is 0 Å². The number of anilines is 3. The summed E-state index contributed by atoms with van der Waals surface area (Å²) in [6.45, 7) is 1.15. The first kappa shape index (κ1) is 30.3. The normalized spacial score (nSPS) is 14.6. The van der Waals surface area contributed by atoms with E-state index in [0.29, 0.717) is 53.7 Å². The third-order valence-corrected chi connectivity index (χ3v) is 7.86. The van der Waals surface area contributed by atoms with Gasteiger partial charge in [-0.15, -0.1) is 0 Å². The van der Waals surface area contributed by atoms with E-state index in [-0.39, 0.29) is 18.6 Å². The number of fused-ring (bicyclic) bond motifs is 1. The lowest BCUT2D eigenvalue weighted by Crippen LogP contribution is -2.35. The van der Waals surface area contributed by atoms with E-state index in [2.05, 4.69) is 27.0 Å². The lowest BCUT2D eigenvalue weighted by molar-refractivity contribution is -0.104. The van der Waals surface area contributed by atoms with E-state index in [9.17, 15) is 9.90 Å². The number of nitrogens with zero attached hydrogens (tertiary/aromatic N) is 5. The molecule has 0 bridgehead atoms. The fourth-order valence-corrected chi connectivity index (χ4v) is 5.74. The predicted octanol–water partition coefficient (Wildman–Crippen LogP) is 3.26. The number of benzene rings is 2. The summed E-state index contributed by atoms with van der Waals surface area (Å²) in [5, 5.41) is 9.38. The zero-order valence-corrected chi connectivity index (χ0v) is 25.1. The van der Waals surface area contributed by atoms with Gasteiger partial charge in [-0.2, -0.15) is 4.98 Å². The highest BCUT2D eigenvalue weighted by Crippen LogP contribution is 2.44. The maximum atomic E-state index is 12.2. The van der Waals surface area contributed by atoms with Gasteiger partial charge in [0.1, 0.15) is 17.9 Å². The van der Waals surface area contributed by atoms with Crippen molar-refractivity contribution in [2.24, 2.45) is 0 Å². The monoisotopic (exact) mass is 595 g/mol. The second kappa shape index (κ2) is 13.4. The quantitative estimate of drug-likeness (QED) is 0.173. The average molecular weight is 596 g/mol. The minimum Gasteiger partial charge on any atom is -0.493 e. The minimum absolute atomic E-state index is 0.0336. The third-order valence-electron chi connectivity index (χ3n) is 7.86. The molecule has 0 amide bonds. The Morgan fingerprint density at radius 1 is 1.11 bits per heavy atom. The van der Waals surface area contributed by atoms with E-state index in [0.717, 1.165) is 35.2 Å². The van der Waals surface area contributed by atoms with Crippen molar-refractivity contribution >= 4 is 29.6 Å². The van der Waals surface area contributed by atoms with Crippen LogP contribution in [0.15, 0.2) is 67.0 Å². The standard InChI is InChI=1S/C33H37N7O4/c1-39(13-15-42)29-9-8-23(19-36-29)30-25-7-5-4-6-22(25)10-12-40(30)27(11-14-41)26-17-21(18-28(43-2)31(26)44-3)16-24-20-37-33(35)38-32(24)34/h4-9,11,14,17-20,30,42H,10,12-13,15-16H2,1-3H3,(H4,34,35,37,38). The number of nitrogens with two attached hydrogens (primary N) is 2. The first-order valence-electron chi connectivity index (χ1n) is 14.3. The molecule has 1 aliphatic heterocycles. The first-order valence-corrected chi connectivity index (χ1v) is 14.3. The van der Waals surface area contributed by atoms with E-state index in [1.165, 1.54) is 5.56 Å². The largest absolute Gasteiger partial charge is 0.493 e. The highest BCUT2D eigenvalue weighted by molar-refractivity contribution is 5.84. The molecule has 1 atom stereocenters. The van der Waals surface area contributed by atoms with Crippen LogP contribution in [-0.2, 0) is 17.6 Å². The Labute approximate surface area is 256 Å². The van der Waals surface area contributed by atoms with E-state index >= 15 is 0 Å². The number of hydrogen-bond donors (Lipinski definition) is 3. The van der Waals surface area contributed by atoms with Gasteiger partial charge in [0.15, 0.2) is 11.5 Å². The number of rotatable bonds is 11. The highest BCUT2D eigenvalue weighted by atomic mass is 16.5. The van der Waals surface area contributed by atoms with Crippen molar-refractivity contribution < 1.29 is 19.4 Å². The van der Waals surface area contributed by atoms with Crippen LogP contribution in [0.4, 0.5) is 17.6 Å². The molecule has 11 heteroatoms. The summed E-state index contributed by atoms with van der Waals surface area (Å²) in [4.78, 5) is 29.3. The third kappa shape index (κ3) is 6.13. The lowest BCUT2D eigenvalue weighted by Gasteiger charge is -2.41. The number of nitrogen functional groups attached to an aromatic ring is 2. The molecular formula is C33H37N7O4. The van der Waals surface area contributed by atoms with Crippen molar-refractivity contribution in [2.45, 2.75) is 18.9 Å². The summed E-state index contributed by atoms with van der Waals surface area (Å²) in [5.74, 6) is 2.17. The van der Waals surface area contributed by atoms with Gasteiger partial charge in [0.25, 0.3) is 0 Å². The Morgan fingerprint density at radius 2 is 1.93 bits per heavy atom. The molecule has 4 aromatic rings. The Morgan fingerprint density at radius 3 is 2.61 bits per heavy atom. The number of aliphatic hydroxyl groups is 1. The minimum atomic E-state index is -0.239. The van der Waals surface area contributed by atoms with Crippen molar-refractivity contribution in [1.82, 2.24) is 19.9 Å². The molecular weight excluding hydrogens is 558 g/mol. The fraction of sp³-hybridized carbons (Fsp3) is 0.273. The van der Waals surface area contributed by atoms with E-state index in [4.69, 9.17) is 25.9 Å². The Bertz CT molecular complexity index is 1660. The van der Waals surface area contributed by atoms with Crippen LogP contribution in [0.2, 0.25) is 0 Å². The molecule has 0 saturated heterocycles. The maximum Gasteiger partial charge on any atom is 0.221 e. The number of hydrogen-bond acceptors (Lipinski definition) is 11. The second-order valence-corrected chi connectivity index (χ2v) is 10.5. The van der Waals surface area contributed by atoms with Gasteiger partial charge < -0.3 is 35.8 Å². The number of methoxy groups -OCH3 is 2.